The van der Waals surface area contributed by atoms with Crippen LogP contribution in [-0.2, 0) is 17.8 Å². The number of H-pyrrole nitrogens is 1. The molecule has 0 saturated heterocycles. The van der Waals surface area contributed by atoms with Crippen LogP contribution in [0.1, 0.15) is 21.5 Å². The van der Waals surface area contributed by atoms with Crippen LogP contribution in [0.2, 0.25) is 0 Å². The van der Waals surface area contributed by atoms with Crippen molar-refractivity contribution in [2.75, 3.05) is 11.4 Å². The number of nitrogens with zero attached hydrogens (tertiary/aromatic N) is 3. The minimum atomic E-state index is -5.08. The Morgan fingerprint density at radius 3 is 2.62 bits per heavy atom. The molecule has 1 amide bonds. The van der Waals surface area contributed by atoms with Gasteiger partial charge in [-0.15, -0.1) is 0 Å². The van der Waals surface area contributed by atoms with Gasteiger partial charge in [-0.3, -0.25) is 9.89 Å². The monoisotopic (exact) mass is 407 g/mol. The molecule has 2 aromatic heterocycles. The molecule has 0 bridgehead atoms. The molecule has 4 rings (SSSR count). The van der Waals surface area contributed by atoms with Gasteiger partial charge in [-0.05, 0) is 35.7 Å². The number of alkyl halides is 3. The highest BCUT2D eigenvalue weighted by Gasteiger charge is 2.38. The lowest BCUT2D eigenvalue weighted by molar-refractivity contribution is -0.192. The molecule has 11 heteroatoms. The van der Waals surface area contributed by atoms with Crippen molar-refractivity contribution < 1.29 is 27.9 Å². The van der Waals surface area contributed by atoms with Gasteiger partial charge in [-0.1, -0.05) is 6.07 Å². The van der Waals surface area contributed by atoms with Crippen molar-refractivity contribution in [1.82, 2.24) is 15.2 Å². The number of fused-ring (bicyclic) bond motifs is 3. The molecule has 152 valence electrons. The quantitative estimate of drug-likeness (QED) is 0.598. The van der Waals surface area contributed by atoms with Crippen molar-refractivity contribution >= 4 is 28.6 Å². The summed E-state index contributed by atoms with van der Waals surface area (Å²) in [6, 6.07) is 7.45. The summed E-state index contributed by atoms with van der Waals surface area (Å²) in [6.45, 7) is 1.66. The Bertz CT molecular complexity index is 1060. The maximum Gasteiger partial charge on any atom is 0.490 e. The predicted octanol–water partition coefficient (Wildman–Crippen LogP) is 2.25. The van der Waals surface area contributed by atoms with Crippen molar-refractivity contribution in [2.45, 2.75) is 19.1 Å². The van der Waals surface area contributed by atoms with Crippen LogP contribution in [-0.4, -0.2) is 44.9 Å². The standard InChI is InChI=1S/C16H15N5O.C2HF3O2/c17-15(22)10-2-1-3-12(6-10)21-5-4-13-11(9-21)7-18-16-14(13)8-19-20-16;3-2(4,5)1(6)7/h1-3,6-8H,4-5,9H2,(H2,17,22)(H,18,19,20);(H,6,7). The number of aliphatic carboxylic acids is 1. The number of nitrogens with two attached hydrogens (primary N) is 1. The molecular formula is C18H16F3N5O3. The van der Waals surface area contributed by atoms with Crippen molar-refractivity contribution in [2.24, 2.45) is 5.73 Å². The molecule has 1 aromatic carbocycles. The highest BCUT2D eigenvalue weighted by molar-refractivity contribution is 5.93. The van der Waals surface area contributed by atoms with E-state index in [0.717, 1.165) is 36.2 Å². The first kappa shape index (κ1) is 20.1. The number of rotatable bonds is 2. The number of amides is 1. The van der Waals surface area contributed by atoms with E-state index in [1.807, 2.05) is 30.6 Å². The molecule has 0 unspecified atom stereocenters. The Kier molecular flexibility index (Phi) is 5.39. The van der Waals surface area contributed by atoms with E-state index in [2.05, 4.69) is 20.1 Å². The first-order valence-electron chi connectivity index (χ1n) is 8.41. The van der Waals surface area contributed by atoms with Crippen LogP contribution in [0.25, 0.3) is 11.0 Å². The van der Waals surface area contributed by atoms with Crippen LogP contribution in [0, 0.1) is 0 Å². The smallest absolute Gasteiger partial charge is 0.475 e. The van der Waals surface area contributed by atoms with Crippen molar-refractivity contribution in [3.05, 3.63) is 53.3 Å². The number of halogens is 3. The molecule has 1 aliphatic rings. The minimum absolute atomic E-state index is 0.402. The van der Waals surface area contributed by atoms with Crippen LogP contribution >= 0.6 is 0 Å². The summed E-state index contributed by atoms with van der Waals surface area (Å²) in [5, 5.41) is 15.2. The van der Waals surface area contributed by atoms with Gasteiger partial charge in [-0.25, -0.2) is 9.78 Å². The Hall–Kier alpha value is -3.63. The molecule has 29 heavy (non-hydrogen) atoms. The lowest BCUT2D eigenvalue weighted by atomic mass is 9.98. The van der Waals surface area contributed by atoms with Gasteiger partial charge < -0.3 is 15.7 Å². The van der Waals surface area contributed by atoms with Gasteiger partial charge in [0.2, 0.25) is 5.91 Å². The van der Waals surface area contributed by atoms with E-state index >= 15 is 0 Å². The molecule has 0 saturated carbocycles. The normalized spacial score (nSPS) is 13.4. The van der Waals surface area contributed by atoms with Gasteiger partial charge in [0.15, 0.2) is 5.65 Å². The third-order valence-corrected chi connectivity index (χ3v) is 4.41. The lowest BCUT2D eigenvalue weighted by Crippen LogP contribution is -2.30. The zero-order chi connectivity index (χ0) is 21.2. The summed E-state index contributed by atoms with van der Waals surface area (Å²) >= 11 is 0. The summed E-state index contributed by atoms with van der Waals surface area (Å²) in [5.41, 5.74) is 10.2. The van der Waals surface area contributed by atoms with Gasteiger partial charge in [0.05, 0.1) is 6.20 Å². The first-order valence-corrected chi connectivity index (χ1v) is 8.41. The number of carbonyl (C=O) groups excluding carboxylic acids is 1. The lowest BCUT2D eigenvalue weighted by Gasteiger charge is -2.31. The van der Waals surface area contributed by atoms with Gasteiger partial charge in [0.1, 0.15) is 0 Å². The summed E-state index contributed by atoms with van der Waals surface area (Å²) in [4.78, 5) is 26.9. The van der Waals surface area contributed by atoms with Gasteiger partial charge in [0.25, 0.3) is 0 Å². The summed E-state index contributed by atoms with van der Waals surface area (Å²) in [7, 11) is 0. The molecule has 1 aliphatic heterocycles. The topological polar surface area (TPSA) is 125 Å². The van der Waals surface area contributed by atoms with Crippen LogP contribution in [0.4, 0.5) is 18.9 Å². The number of nitrogens with one attached hydrogen (secondary N) is 1. The zero-order valence-corrected chi connectivity index (χ0v) is 14.9. The number of carbonyl (C=O) groups is 2. The number of hydrogen-bond acceptors (Lipinski definition) is 5. The van der Waals surface area contributed by atoms with E-state index in [0.29, 0.717) is 5.56 Å². The number of pyridine rings is 1. The molecule has 3 aromatic rings. The SMILES string of the molecule is NC(=O)c1cccc(N2CCc3c(cnc4[nH]ncc34)C2)c1.O=C(O)C(F)(F)F. The maximum atomic E-state index is 11.3. The van der Waals surface area contributed by atoms with E-state index < -0.39 is 18.1 Å². The van der Waals surface area contributed by atoms with Crippen LogP contribution < -0.4 is 10.6 Å². The van der Waals surface area contributed by atoms with E-state index in [4.69, 9.17) is 15.6 Å². The highest BCUT2D eigenvalue weighted by Crippen LogP contribution is 2.28. The van der Waals surface area contributed by atoms with Crippen molar-refractivity contribution in [3.8, 4) is 0 Å². The van der Waals surface area contributed by atoms with E-state index in [-0.39, 0.29) is 0 Å². The molecule has 0 radical (unpaired) electrons. The molecule has 8 nitrogen and oxygen atoms in total. The Morgan fingerprint density at radius 2 is 1.97 bits per heavy atom. The molecular weight excluding hydrogens is 391 g/mol. The summed E-state index contributed by atoms with van der Waals surface area (Å²) in [6.07, 6.45) is -0.417. The van der Waals surface area contributed by atoms with E-state index in [9.17, 15) is 18.0 Å². The number of carboxylic acids is 1. The zero-order valence-electron chi connectivity index (χ0n) is 14.9. The van der Waals surface area contributed by atoms with Gasteiger partial charge >= 0.3 is 12.1 Å². The van der Waals surface area contributed by atoms with Gasteiger partial charge in [0, 0.05) is 35.9 Å². The van der Waals surface area contributed by atoms with E-state index in [1.54, 1.807) is 6.07 Å². The van der Waals surface area contributed by atoms with Gasteiger partial charge in [-0.2, -0.15) is 18.3 Å². The Morgan fingerprint density at radius 1 is 1.24 bits per heavy atom. The Labute approximate surface area is 162 Å². The number of aromatic amines is 1. The fourth-order valence-corrected chi connectivity index (χ4v) is 3.03. The maximum absolute atomic E-state index is 11.3. The molecule has 0 spiro atoms. The molecule has 0 fully saturated rings. The minimum Gasteiger partial charge on any atom is -0.475 e. The summed E-state index contributed by atoms with van der Waals surface area (Å²) in [5.74, 6) is -3.16. The second-order valence-corrected chi connectivity index (χ2v) is 6.28. The fraction of sp³-hybridized carbons (Fsp3) is 0.222. The number of primary amides is 1. The number of hydrogen-bond donors (Lipinski definition) is 3. The highest BCUT2D eigenvalue weighted by atomic mass is 19.4. The number of benzene rings is 1. The molecule has 0 aliphatic carbocycles. The number of anilines is 1. The average molecular weight is 407 g/mol. The van der Waals surface area contributed by atoms with Crippen LogP contribution in [0.3, 0.4) is 0 Å². The average Bonchev–Trinajstić information content (AvgIpc) is 3.16. The second-order valence-electron chi connectivity index (χ2n) is 6.28. The molecule has 4 N–H and O–H groups in total. The molecule has 0 atom stereocenters. The molecule has 3 heterocycles. The number of carboxylic acid groups (broad SMARTS) is 1. The van der Waals surface area contributed by atoms with Crippen molar-refractivity contribution in [3.63, 3.8) is 0 Å². The summed E-state index contributed by atoms with van der Waals surface area (Å²) < 4.78 is 31.7. The van der Waals surface area contributed by atoms with Crippen molar-refractivity contribution in [1.29, 1.82) is 0 Å². The predicted molar refractivity (Wildman–Crippen MR) is 97.3 cm³/mol. The fourth-order valence-electron chi connectivity index (χ4n) is 3.03. The Balaban J connectivity index is 0.000000298. The number of aromatic nitrogens is 3. The second kappa shape index (κ2) is 7.78. The van der Waals surface area contributed by atoms with Crippen LogP contribution in [0.5, 0.6) is 0 Å². The first-order chi connectivity index (χ1) is 13.7. The third kappa shape index (κ3) is 4.45. The van der Waals surface area contributed by atoms with E-state index in [1.165, 1.54) is 11.1 Å². The van der Waals surface area contributed by atoms with Crippen LogP contribution in [0.15, 0.2) is 36.7 Å². The largest absolute Gasteiger partial charge is 0.490 e. The third-order valence-electron chi connectivity index (χ3n) is 4.41.